The van der Waals surface area contributed by atoms with E-state index in [-0.39, 0.29) is 18.5 Å². The summed E-state index contributed by atoms with van der Waals surface area (Å²) in [5.41, 5.74) is 0. The first kappa shape index (κ1) is 67.3. The van der Waals surface area contributed by atoms with E-state index in [2.05, 4.69) is 43.5 Å². The second-order valence-corrected chi connectivity index (χ2v) is 21.4. The molecule has 2 unspecified atom stereocenters. The van der Waals surface area contributed by atoms with Crippen molar-refractivity contribution in [1.29, 1.82) is 0 Å². The molecule has 0 saturated heterocycles. The van der Waals surface area contributed by atoms with Crippen molar-refractivity contribution in [2.24, 2.45) is 0 Å². The number of carbonyl (C=O) groups is 2. The topological polar surface area (TPSA) is 95.9 Å². The van der Waals surface area contributed by atoms with Crippen molar-refractivity contribution in [3.05, 3.63) is 24.3 Å². The molecule has 0 radical (unpaired) electrons. The summed E-state index contributed by atoms with van der Waals surface area (Å²) in [4.78, 5) is 24.6. The maximum Gasteiger partial charge on any atom is 0.305 e. The summed E-state index contributed by atoms with van der Waals surface area (Å²) in [6.45, 7) is 4.96. The van der Waals surface area contributed by atoms with Gasteiger partial charge in [-0.1, -0.05) is 276 Å². The lowest BCUT2D eigenvalue weighted by atomic mass is 10.0. The fourth-order valence-electron chi connectivity index (χ4n) is 9.69. The molecule has 0 spiro atoms. The molecular formula is C63H121NO5. The summed E-state index contributed by atoms with van der Waals surface area (Å²) in [5, 5.41) is 23.3. The van der Waals surface area contributed by atoms with Crippen LogP contribution in [0.3, 0.4) is 0 Å². The van der Waals surface area contributed by atoms with Crippen molar-refractivity contribution in [1.82, 2.24) is 5.32 Å². The summed E-state index contributed by atoms with van der Waals surface area (Å²) >= 11 is 0. The number of hydrogen-bond donors (Lipinski definition) is 3. The third kappa shape index (κ3) is 55.5. The van der Waals surface area contributed by atoms with Gasteiger partial charge < -0.3 is 20.3 Å². The van der Waals surface area contributed by atoms with Gasteiger partial charge in [0.1, 0.15) is 0 Å². The number of ether oxygens (including phenoxy) is 1. The van der Waals surface area contributed by atoms with Crippen molar-refractivity contribution >= 4 is 11.9 Å². The zero-order valence-electron chi connectivity index (χ0n) is 46.6. The lowest BCUT2D eigenvalue weighted by Crippen LogP contribution is -2.45. The molecule has 0 rings (SSSR count). The maximum absolute atomic E-state index is 12.5. The molecule has 0 aromatic carbocycles. The SMILES string of the molecule is CCCCCCCCC/C=C\CCCCCCCCCC(=O)OCCCCCCCCCCC/C=C\CCCCCCCCCC(=O)NC(CO)C(O)CCCCCCCCCCCCCCCC. The zero-order chi connectivity index (χ0) is 50.0. The highest BCUT2D eigenvalue weighted by atomic mass is 16.5. The Labute approximate surface area is 431 Å². The van der Waals surface area contributed by atoms with E-state index in [1.54, 1.807) is 0 Å². The molecule has 0 bridgehead atoms. The first-order valence-electron chi connectivity index (χ1n) is 31.1. The Morgan fingerprint density at radius 3 is 1.03 bits per heavy atom. The minimum absolute atomic E-state index is 0.00376. The highest BCUT2D eigenvalue weighted by molar-refractivity contribution is 5.76. The van der Waals surface area contributed by atoms with Crippen LogP contribution in [0.5, 0.6) is 0 Å². The fourth-order valence-corrected chi connectivity index (χ4v) is 9.69. The van der Waals surface area contributed by atoms with Gasteiger partial charge in [0.25, 0.3) is 0 Å². The molecule has 0 aromatic rings. The molecule has 3 N–H and O–H groups in total. The molecule has 408 valence electrons. The first-order valence-corrected chi connectivity index (χ1v) is 31.1. The molecule has 1 amide bonds. The van der Waals surface area contributed by atoms with Gasteiger partial charge in [-0.2, -0.15) is 0 Å². The molecule has 6 heteroatoms. The maximum atomic E-state index is 12.5. The van der Waals surface area contributed by atoms with Crippen LogP contribution in [-0.4, -0.2) is 47.4 Å². The number of carbonyl (C=O) groups excluding carboxylic acids is 2. The quantitative estimate of drug-likeness (QED) is 0.0321. The lowest BCUT2D eigenvalue weighted by Gasteiger charge is -2.22. The van der Waals surface area contributed by atoms with Gasteiger partial charge in [-0.25, -0.2) is 0 Å². The van der Waals surface area contributed by atoms with Crippen LogP contribution in [0.1, 0.15) is 341 Å². The predicted octanol–water partition coefficient (Wildman–Crippen LogP) is 19.4. The van der Waals surface area contributed by atoms with Crippen molar-refractivity contribution in [2.75, 3.05) is 13.2 Å². The second-order valence-electron chi connectivity index (χ2n) is 21.4. The van der Waals surface area contributed by atoms with E-state index >= 15 is 0 Å². The van der Waals surface area contributed by atoms with E-state index in [1.807, 2.05) is 0 Å². The number of nitrogens with one attached hydrogen (secondary N) is 1. The summed E-state index contributed by atoms with van der Waals surface area (Å²) in [5.74, 6) is -0.0386. The monoisotopic (exact) mass is 972 g/mol. The van der Waals surface area contributed by atoms with Crippen molar-refractivity contribution in [2.45, 2.75) is 353 Å². The average Bonchev–Trinajstić information content (AvgIpc) is 3.35. The van der Waals surface area contributed by atoms with Crippen LogP contribution in [0.25, 0.3) is 0 Å². The molecular weight excluding hydrogens is 851 g/mol. The molecule has 2 atom stereocenters. The Kier molecular flexibility index (Phi) is 57.5. The fraction of sp³-hybridized carbons (Fsp3) is 0.905. The number of amides is 1. The molecule has 0 fully saturated rings. The van der Waals surface area contributed by atoms with Crippen LogP contribution in [0.15, 0.2) is 24.3 Å². The van der Waals surface area contributed by atoms with Crippen molar-refractivity contribution in [3.8, 4) is 0 Å². The Balaban J connectivity index is 3.41. The number of aliphatic hydroxyl groups excluding tert-OH is 2. The van der Waals surface area contributed by atoms with E-state index in [0.29, 0.717) is 25.9 Å². The van der Waals surface area contributed by atoms with Gasteiger partial charge in [0.05, 0.1) is 25.4 Å². The number of hydrogen-bond acceptors (Lipinski definition) is 5. The molecule has 0 heterocycles. The number of allylic oxidation sites excluding steroid dienone is 4. The minimum atomic E-state index is -0.669. The number of aliphatic hydroxyl groups is 2. The molecule has 69 heavy (non-hydrogen) atoms. The zero-order valence-corrected chi connectivity index (χ0v) is 46.6. The molecule has 0 aromatic heterocycles. The van der Waals surface area contributed by atoms with E-state index in [4.69, 9.17) is 4.74 Å². The van der Waals surface area contributed by atoms with Crippen LogP contribution >= 0.6 is 0 Å². The van der Waals surface area contributed by atoms with Gasteiger partial charge in [0.15, 0.2) is 0 Å². The molecule has 0 aliphatic rings. The Bertz CT molecular complexity index is 1080. The second kappa shape index (κ2) is 58.9. The van der Waals surface area contributed by atoms with Crippen LogP contribution in [-0.2, 0) is 14.3 Å². The Morgan fingerprint density at radius 1 is 0.391 bits per heavy atom. The van der Waals surface area contributed by atoms with Gasteiger partial charge in [-0.15, -0.1) is 0 Å². The Morgan fingerprint density at radius 2 is 0.681 bits per heavy atom. The van der Waals surface area contributed by atoms with Crippen LogP contribution in [0, 0.1) is 0 Å². The molecule has 0 aliphatic heterocycles. The number of esters is 1. The van der Waals surface area contributed by atoms with E-state index in [1.165, 1.54) is 263 Å². The summed E-state index contributed by atoms with van der Waals surface area (Å²) in [6, 6.07) is -0.547. The normalized spacial score (nSPS) is 12.7. The van der Waals surface area contributed by atoms with E-state index in [0.717, 1.165) is 44.9 Å². The minimum Gasteiger partial charge on any atom is -0.466 e. The third-order valence-electron chi connectivity index (χ3n) is 14.5. The predicted molar refractivity (Wildman–Crippen MR) is 301 cm³/mol. The number of rotatable bonds is 58. The summed E-state index contributed by atoms with van der Waals surface area (Å²) < 4.78 is 5.49. The highest BCUT2D eigenvalue weighted by Gasteiger charge is 2.20. The third-order valence-corrected chi connectivity index (χ3v) is 14.5. The van der Waals surface area contributed by atoms with Crippen LogP contribution < -0.4 is 5.32 Å². The largest absolute Gasteiger partial charge is 0.466 e. The molecule has 0 saturated carbocycles. The summed E-state index contributed by atoms with van der Waals surface area (Å²) in [6.07, 6.45) is 71.8. The standard InChI is InChI=1S/C63H121NO5/c1-3-5-7-9-11-13-15-17-19-20-26-29-33-37-41-45-49-53-57-63(68)69-58-54-50-46-42-38-34-30-27-24-22-21-23-25-28-32-36-40-44-48-52-56-62(67)64-60(59-65)61(66)55-51-47-43-39-35-31-18-16-14-12-10-8-6-4-2/h19-21,23,60-61,65-66H,3-18,22,24-59H2,1-2H3,(H,64,67)/b20-19-,23-21-. The molecule has 0 aliphatic carbocycles. The van der Waals surface area contributed by atoms with Crippen molar-refractivity contribution < 1.29 is 24.5 Å². The first-order chi connectivity index (χ1) is 34.0. The van der Waals surface area contributed by atoms with Crippen molar-refractivity contribution in [3.63, 3.8) is 0 Å². The average molecular weight is 973 g/mol. The van der Waals surface area contributed by atoms with Gasteiger partial charge in [0, 0.05) is 12.8 Å². The highest BCUT2D eigenvalue weighted by Crippen LogP contribution is 2.17. The Hall–Kier alpha value is -1.66. The number of unbranched alkanes of at least 4 members (excludes halogenated alkanes) is 43. The van der Waals surface area contributed by atoms with E-state index in [9.17, 15) is 19.8 Å². The van der Waals surface area contributed by atoms with Gasteiger partial charge in [0.2, 0.25) is 5.91 Å². The van der Waals surface area contributed by atoms with Gasteiger partial charge >= 0.3 is 5.97 Å². The van der Waals surface area contributed by atoms with Gasteiger partial charge in [-0.05, 0) is 77.0 Å². The van der Waals surface area contributed by atoms with E-state index < -0.39 is 12.1 Å². The smallest absolute Gasteiger partial charge is 0.305 e. The lowest BCUT2D eigenvalue weighted by molar-refractivity contribution is -0.143. The van der Waals surface area contributed by atoms with Gasteiger partial charge in [-0.3, -0.25) is 9.59 Å². The van der Waals surface area contributed by atoms with Crippen LogP contribution in [0.2, 0.25) is 0 Å². The molecule has 6 nitrogen and oxygen atoms in total. The van der Waals surface area contributed by atoms with Crippen LogP contribution in [0.4, 0.5) is 0 Å². The summed E-state index contributed by atoms with van der Waals surface area (Å²) in [7, 11) is 0.